The summed E-state index contributed by atoms with van der Waals surface area (Å²) in [6.07, 6.45) is -16.0. The second kappa shape index (κ2) is 13.8. The van der Waals surface area contributed by atoms with Gasteiger partial charge in [-0.25, -0.2) is 0 Å². The fraction of sp³-hybridized carbons (Fsp3) is 1.00. The average Bonchev–Trinajstić information content (AvgIpc) is 2.85. The summed E-state index contributed by atoms with van der Waals surface area (Å²) in [5.41, 5.74) is 0. The van der Waals surface area contributed by atoms with E-state index in [9.17, 15) is 40.9 Å². The fourth-order valence-corrected chi connectivity index (χ4v) is 3.86. The van der Waals surface area contributed by atoms with Crippen LogP contribution in [0.2, 0.25) is 0 Å². The van der Waals surface area contributed by atoms with Gasteiger partial charge in [0.2, 0.25) is 0 Å². The van der Waals surface area contributed by atoms with Gasteiger partial charge in [0.25, 0.3) is 0 Å². The molecule has 0 aromatic rings. The largest absolute Gasteiger partial charge is 0.396 e. The smallest absolute Gasteiger partial charge is 0.187 e. The van der Waals surface area contributed by atoms with Crippen LogP contribution in [0.1, 0.15) is 20.8 Å². The van der Waals surface area contributed by atoms with Crippen LogP contribution in [0, 0.1) is 11.8 Å². The van der Waals surface area contributed by atoms with Crippen molar-refractivity contribution >= 4 is 0 Å². The van der Waals surface area contributed by atoms with Gasteiger partial charge >= 0.3 is 0 Å². The first-order chi connectivity index (χ1) is 16.5. The molecule has 14 heteroatoms. The molecular formula is C21H40O14. The SMILES string of the molecule is CC1[C@H](OC2[C@@H](O)C(CO)O[C@@H](O[C@@H](C)C(CO)O[C@@H](O)[C@@H](C)CO)[C@H]2O)OC(CO)[C@H](O)[C@@H]1O. The van der Waals surface area contributed by atoms with E-state index in [1.807, 2.05) is 0 Å². The summed E-state index contributed by atoms with van der Waals surface area (Å²) in [5.74, 6) is -1.46. The molecule has 2 rings (SSSR count). The van der Waals surface area contributed by atoms with Crippen molar-refractivity contribution in [2.45, 2.75) is 94.6 Å². The van der Waals surface area contributed by atoms with Crippen molar-refractivity contribution < 1.29 is 69.6 Å². The van der Waals surface area contributed by atoms with Crippen LogP contribution >= 0.6 is 0 Å². The Balaban J connectivity index is 2.13. The molecule has 35 heavy (non-hydrogen) atoms. The van der Waals surface area contributed by atoms with Crippen molar-refractivity contribution in [1.82, 2.24) is 0 Å². The third kappa shape index (κ3) is 7.27. The maximum absolute atomic E-state index is 10.9. The number of hydrogen-bond acceptors (Lipinski definition) is 14. The molecule has 208 valence electrons. The zero-order valence-corrected chi connectivity index (χ0v) is 20.0. The molecule has 0 bridgehead atoms. The van der Waals surface area contributed by atoms with Gasteiger partial charge in [-0.1, -0.05) is 13.8 Å². The summed E-state index contributed by atoms with van der Waals surface area (Å²) in [6, 6.07) is 0. The summed E-state index contributed by atoms with van der Waals surface area (Å²) < 4.78 is 27.7. The molecule has 0 aromatic carbocycles. The number of rotatable bonds is 12. The Bertz CT molecular complexity index is 611. The van der Waals surface area contributed by atoms with Crippen LogP contribution < -0.4 is 0 Å². The normalized spacial score (nSPS) is 41.8. The van der Waals surface area contributed by atoms with Crippen molar-refractivity contribution in [3.63, 3.8) is 0 Å². The molecule has 9 N–H and O–H groups in total. The Morgan fingerprint density at radius 3 is 1.89 bits per heavy atom. The zero-order valence-electron chi connectivity index (χ0n) is 20.0. The predicted octanol–water partition coefficient (Wildman–Crippen LogP) is -4.38. The summed E-state index contributed by atoms with van der Waals surface area (Å²) in [6.45, 7) is 2.27. The minimum Gasteiger partial charge on any atom is -0.396 e. The third-order valence-electron chi connectivity index (χ3n) is 6.44. The van der Waals surface area contributed by atoms with E-state index in [-0.39, 0.29) is 6.61 Å². The fourth-order valence-electron chi connectivity index (χ4n) is 3.86. The van der Waals surface area contributed by atoms with Crippen LogP contribution in [0.3, 0.4) is 0 Å². The average molecular weight is 517 g/mol. The minimum atomic E-state index is -1.65. The van der Waals surface area contributed by atoms with Gasteiger partial charge in [0.1, 0.15) is 42.7 Å². The molecule has 0 radical (unpaired) electrons. The maximum Gasteiger partial charge on any atom is 0.187 e. The van der Waals surface area contributed by atoms with E-state index in [0.29, 0.717) is 0 Å². The lowest BCUT2D eigenvalue weighted by Crippen LogP contribution is -2.63. The Hall–Kier alpha value is -0.560. The molecule has 5 unspecified atom stereocenters. The molecule has 2 saturated heterocycles. The van der Waals surface area contributed by atoms with Crippen LogP contribution in [-0.2, 0) is 23.7 Å². The topological polar surface area (TPSA) is 228 Å². The van der Waals surface area contributed by atoms with E-state index in [1.165, 1.54) is 20.8 Å². The van der Waals surface area contributed by atoms with Gasteiger partial charge in [-0.2, -0.15) is 0 Å². The molecule has 0 aromatic heterocycles. The van der Waals surface area contributed by atoms with E-state index in [1.54, 1.807) is 0 Å². The molecule has 2 aliphatic heterocycles. The van der Waals surface area contributed by atoms with Gasteiger partial charge in [-0.05, 0) is 6.92 Å². The van der Waals surface area contributed by atoms with Gasteiger partial charge in [0.05, 0.1) is 38.6 Å². The quantitative estimate of drug-likeness (QED) is 0.112. The third-order valence-corrected chi connectivity index (χ3v) is 6.44. The van der Waals surface area contributed by atoms with Crippen LogP contribution in [0.15, 0.2) is 0 Å². The van der Waals surface area contributed by atoms with Crippen molar-refractivity contribution in [2.75, 3.05) is 26.4 Å². The number of ether oxygens (including phenoxy) is 5. The molecule has 0 saturated carbocycles. The summed E-state index contributed by atoms with van der Waals surface area (Å²) in [4.78, 5) is 0. The Kier molecular flexibility index (Phi) is 12.1. The molecule has 2 heterocycles. The lowest BCUT2D eigenvalue weighted by atomic mass is 9.92. The van der Waals surface area contributed by atoms with E-state index in [0.717, 1.165) is 0 Å². The summed E-state index contributed by atoms with van der Waals surface area (Å²) in [7, 11) is 0. The van der Waals surface area contributed by atoms with Crippen molar-refractivity contribution in [1.29, 1.82) is 0 Å². The molecule has 2 fully saturated rings. The molecular weight excluding hydrogens is 476 g/mol. The molecule has 14 atom stereocenters. The van der Waals surface area contributed by atoms with Gasteiger partial charge in [-0.15, -0.1) is 0 Å². The maximum atomic E-state index is 10.9. The second-order valence-electron chi connectivity index (χ2n) is 9.12. The highest BCUT2D eigenvalue weighted by Gasteiger charge is 2.50. The number of hydrogen-bond donors (Lipinski definition) is 9. The highest BCUT2D eigenvalue weighted by Crippen LogP contribution is 2.32. The number of aliphatic hydroxyl groups is 9. The first-order valence-corrected chi connectivity index (χ1v) is 11.6. The second-order valence-corrected chi connectivity index (χ2v) is 9.12. The van der Waals surface area contributed by atoms with Crippen molar-refractivity contribution in [2.24, 2.45) is 11.8 Å². The van der Waals surface area contributed by atoms with Crippen LogP contribution in [0.4, 0.5) is 0 Å². The van der Waals surface area contributed by atoms with E-state index < -0.39 is 105 Å². The monoisotopic (exact) mass is 516 g/mol. The van der Waals surface area contributed by atoms with Crippen LogP contribution in [0.5, 0.6) is 0 Å². The number of aliphatic hydroxyl groups excluding tert-OH is 9. The van der Waals surface area contributed by atoms with E-state index in [2.05, 4.69) is 0 Å². The molecule has 0 amide bonds. The molecule has 0 aliphatic carbocycles. The predicted molar refractivity (Wildman–Crippen MR) is 114 cm³/mol. The van der Waals surface area contributed by atoms with Gasteiger partial charge in [-0.3, -0.25) is 0 Å². The summed E-state index contributed by atoms with van der Waals surface area (Å²) >= 11 is 0. The molecule has 14 nitrogen and oxygen atoms in total. The summed E-state index contributed by atoms with van der Waals surface area (Å²) in [5, 5.41) is 89.6. The Morgan fingerprint density at radius 2 is 1.34 bits per heavy atom. The Labute approximate surface area is 203 Å². The van der Waals surface area contributed by atoms with E-state index in [4.69, 9.17) is 28.8 Å². The highest BCUT2D eigenvalue weighted by molar-refractivity contribution is 4.93. The minimum absolute atomic E-state index is 0.362. The van der Waals surface area contributed by atoms with Gasteiger partial charge in [0, 0.05) is 11.8 Å². The lowest BCUT2D eigenvalue weighted by Gasteiger charge is -2.47. The Morgan fingerprint density at radius 1 is 0.771 bits per heavy atom. The van der Waals surface area contributed by atoms with Crippen LogP contribution in [-0.4, -0.2) is 146 Å². The van der Waals surface area contributed by atoms with E-state index >= 15 is 0 Å². The van der Waals surface area contributed by atoms with Crippen LogP contribution in [0.25, 0.3) is 0 Å². The first kappa shape index (κ1) is 30.7. The molecule has 0 spiro atoms. The van der Waals surface area contributed by atoms with Gasteiger partial charge < -0.3 is 69.6 Å². The standard InChI is InChI=1S/C21H40O14/c1-8(4-22)19(30)32-11(5-23)10(3)31-21-17(29)18(16(28)13(7-25)34-21)35-20-9(2)14(26)15(27)12(6-24)33-20/h8-30H,4-7H2,1-3H3/t8-,9?,10-,11?,12?,13?,14+,15-,16-,17-,18?,19+,20-,21+/m0/s1. The first-order valence-electron chi connectivity index (χ1n) is 11.6. The van der Waals surface area contributed by atoms with Crippen molar-refractivity contribution in [3.05, 3.63) is 0 Å². The van der Waals surface area contributed by atoms with Gasteiger partial charge in [0.15, 0.2) is 18.9 Å². The lowest BCUT2D eigenvalue weighted by molar-refractivity contribution is -0.360. The van der Waals surface area contributed by atoms with Crippen molar-refractivity contribution in [3.8, 4) is 0 Å². The zero-order chi connectivity index (χ0) is 26.4. The highest BCUT2D eigenvalue weighted by atomic mass is 16.7. The molecule has 2 aliphatic rings.